The molecular formula is C11H17BrN2S. The SMILES string of the molecule is C[C@@H]1CNC[C@H]1CNCc1cc(Br)cs1. The number of halogens is 1. The third kappa shape index (κ3) is 3.28. The molecule has 2 N–H and O–H groups in total. The highest BCUT2D eigenvalue weighted by Crippen LogP contribution is 2.20. The minimum atomic E-state index is 0.799. The molecule has 0 unspecified atom stereocenters. The van der Waals surface area contributed by atoms with Gasteiger partial charge in [0.1, 0.15) is 0 Å². The van der Waals surface area contributed by atoms with E-state index in [9.17, 15) is 0 Å². The molecule has 1 aromatic heterocycles. The van der Waals surface area contributed by atoms with Crippen molar-refractivity contribution in [2.45, 2.75) is 13.5 Å². The fourth-order valence-electron chi connectivity index (χ4n) is 1.96. The second kappa shape index (κ2) is 5.43. The van der Waals surface area contributed by atoms with Gasteiger partial charge in [-0.25, -0.2) is 0 Å². The Hall–Kier alpha value is 0.1000. The molecule has 0 amide bonds. The lowest BCUT2D eigenvalue weighted by Crippen LogP contribution is -2.26. The maximum atomic E-state index is 3.54. The Balaban J connectivity index is 1.70. The van der Waals surface area contributed by atoms with Crippen LogP contribution in [0.4, 0.5) is 0 Å². The van der Waals surface area contributed by atoms with Crippen LogP contribution in [0, 0.1) is 11.8 Å². The Kier molecular flexibility index (Phi) is 4.20. The smallest absolute Gasteiger partial charge is 0.0300 e. The highest BCUT2D eigenvalue weighted by molar-refractivity contribution is 9.10. The Morgan fingerprint density at radius 2 is 2.47 bits per heavy atom. The predicted molar refractivity (Wildman–Crippen MR) is 69.2 cm³/mol. The van der Waals surface area contributed by atoms with Crippen LogP contribution in [0.5, 0.6) is 0 Å². The molecule has 84 valence electrons. The zero-order valence-electron chi connectivity index (χ0n) is 8.92. The highest BCUT2D eigenvalue weighted by Gasteiger charge is 2.22. The standard InChI is InChI=1S/C11H17BrN2S/c1-8-3-13-4-9(8)5-14-6-11-2-10(12)7-15-11/h2,7-9,13-14H,3-6H2,1H3/t8-,9+/m1/s1. The quantitative estimate of drug-likeness (QED) is 0.889. The molecule has 0 spiro atoms. The Morgan fingerprint density at radius 1 is 1.60 bits per heavy atom. The zero-order valence-corrected chi connectivity index (χ0v) is 11.3. The van der Waals surface area contributed by atoms with Crippen LogP contribution < -0.4 is 10.6 Å². The summed E-state index contributed by atoms with van der Waals surface area (Å²) in [6.07, 6.45) is 0. The van der Waals surface area contributed by atoms with Gasteiger partial charge in [0.05, 0.1) is 0 Å². The van der Waals surface area contributed by atoms with Crippen molar-refractivity contribution in [3.05, 3.63) is 20.8 Å². The minimum Gasteiger partial charge on any atom is -0.316 e. The first-order valence-electron chi connectivity index (χ1n) is 5.40. The first kappa shape index (κ1) is 11.6. The lowest BCUT2D eigenvalue weighted by molar-refractivity contribution is 0.421. The molecule has 15 heavy (non-hydrogen) atoms. The minimum absolute atomic E-state index is 0.799. The van der Waals surface area contributed by atoms with Gasteiger partial charge in [0.2, 0.25) is 0 Å². The van der Waals surface area contributed by atoms with E-state index in [1.165, 1.54) is 22.4 Å². The summed E-state index contributed by atoms with van der Waals surface area (Å²) in [5.74, 6) is 1.61. The van der Waals surface area contributed by atoms with Crippen LogP contribution in [0.15, 0.2) is 15.9 Å². The molecule has 0 bridgehead atoms. The third-order valence-electron chi connectivity index (χ3n) is 3.01. The fraction of sp³-hybridized carbons (Fsp3) is 0.636. The summed E-state index contributed by atoms with van der Waals surface area (Å²) in [4.78, 5) is 1.40. The van der Waals surface area contributed by atoms with Crippen molar-refractivity contribution in [3.8, 4) is 0 Å². The second-order valence-electron chi connectivity index (χ2n) is 4.26. The molecule has 0 aromatic carbocycles. The van der Waals surface area contributed by atoms with Crippen molar-refractivity contribution < 1.29 is 0 Å². The van der Waals surface area contributed by atoms with Gasteiger partial charge in [0.15, 0.2) is 0 Å². The van der Waals surface area contributed by atoms with E-state index in [1.807, 2.05) is 11.3 Å². The van der Waals surface area contributed by atoms with E-state index >= 15 is 0 Å². The number of thiophene rings is 1. The van der Waals surface area contributed by atoms with Gasteiger partial charge in [-0.15, -0.1) is 11.3 Å². The molecule has 2 rings (SSSR count). The van der Waals surface area contributed by atoms with Crippen LogP contribution in [0.1, 0.15) is 11.8 Å². The third-order valence-corrected chi connectivity index (χ3v) is 4.70. The van der Waals surface area contributed by atoms with Crippen LogP contribution in [-0.4, -0.2) is 19.6 Å². The predicted octanol–water partition coefficient (Wildman–Crippen LogP) is 2.46. The monoisotopic (exact) mass is 288 g/mol. The molecule has 1 saturated heterocycles. The first-order valence-corrected chi connectivity index (χ1v) is 7.07. The number of hydrogen-bond acceptors (Lipinski definition) is 3. The van der Waals surface area contributed by atoms with Gasteiger partial charge in [-0.1, -0.05) is 6.92 Å². The molecule has 0 aliphatic carbocycles. The van der Waals surface area contributed by atoms with E-state index in [-0.39, 0.29) is 0 Å². The molecule has 1 fully saturated rings. The van der Waals surface area contributed by atoms with Crippen molar-refractivity contribution >= 4 is 27.3 Å². The van der Waals surface area contributed by atoms with Gasteiger partial charge in [-0.05, 0) is 53.5 Å². The zero-order chi connectivity index (χ0) is 10.7. The van der Waals surface area contributed by atoms with Crippen molar-refractivity contribution in [1.82, 2.24) is 10.6 Å². The van der Waals surface area contributed by atoms with Crippen LogP contribution in [0.2, 0.25) is 0 Å². The molecule has 1 aliphatic heterocycles. The topological polar surface area (TPSA) is 24.1 Å². The summed E-state index contributed by atoms with van der Waals surface area (Å²) in [6.45, 7) is 6.80. The van der Waals surface area contributed by atoms with E-state index in [0.717, 1.165) is 24.9 Å². The number of rotatable bonds is 4. The molecule has 4 heteroatoms. The van der Waals surface area contributed by atoms with Gasteiger partial charge in [0.25, 0.3) is 0 Å². The molecule has 1 aromatic rings. The van der Waals surface area contributed by atoms with Crippen LogP contribution >= 0.6 is 27.3 Å². The van der Waals surface area contributed by atoms with E-state index in [0.29, 0.717) is 0 Å². The normalized spacial score (nSPS) is 26.0. The van der Waals surface area contributed by atoms with Crippen LogP contribution in [0.25, 0.3) is 0 Å². The van der Waals surface area contributed by atoms with Gasteiger partial charge in [0, 0.05) is 21.3 Å². The van der Waals surface area contributed by atoms with Crippen molar-refractivity contribution in [1.29, 1.82) is 0 Å². The fourth-order valence-corrected chi connectivity index (χ4v) is 3.39. The molecule has 0 radical (unpaired) electrons. The van der Waals surface area contributed by atoms with Crippen molar-refractivity contribution in [2.24, 2.45) is 11.8 Å². The molecule has 0 saturated carbocycles. The van der Waals surface area contributed by atoms with Gasteiger partial charge in [-0.3, -0.25) is 0 Å². The molecule has 2 nitrogen and oxygen atoms in total. The Bertz CT molecular complexity index is 313. The lowest BCUT2D eigenvalue weighted by Gasteiger charge is -2.14. The van der Waals surface area contributed by atoms with Crippen LogP contribution in [0.3, 0.4) is 0 Å². The summed E-state index contributed by atoms with van der Waals surface area (Å²) in [6, 6.07) is 2.19. The van der Waals surface area contributed by atoms with E-state index in [1.54, 1.807) is 0 Å². The van der Waals surface area contributed by atoms with Crippen molar-refractivity contribution in [3.63, 3.8) is 0 Å². The summed E-state index contributed by atoms with van der Waals surface area (Å²) >= 11 is 5.28. The molecule has 2 heterocycles. The van der Waals surface area contributed by atoms with Crippen LogP contribution in [-0.2, 0) is 6.54 Å². The maximum Gasteiger partial charge on any atom is 0.0300 e. The summed E-state index contributed by atoms with van der Waals surface area (Å²) < 4.78 is 1.19. The first-order chi connectivity index (χ1) is 7.25. The van der Waals surface area contributed by atoms with Gasteiger partial charge in [-0.2, -0.15) is 0 Å². The summed E-state index contributed by atoms with van der Waals surface area (Å²) in [5, 5.41) is 9.10. The Morgan fingerprint density at radius 3 is 3.07 bits per heavy atom. The molecule has 2 atom stereocenters. The lowest BCUT2D eigenvalue weighted by atomic mass is 9.98. The molecular weight excluding hydrogens is 272 g/mol. The number of hydrogen-bond donors (Lipinski definition) is 2. The molecule has 1 aliphatic rings. The number of nitrogens with one attached hydrogen (secondary N) is 2. The van der Waals surface area contributed by atoms with Gasteiger partial charge >= 0.3 is 0 Å². The largest absolute Gasteiger partial charge is 0.316 e. The maximum absolute atomic E-state index is 3.54. The van der Waals surface area contributed by atoms with Crippen molar-refractivity contribution in [2.75, 3.05) is 19.6 Å². The highest BCUT2D eigenvalue weighted by atomic mass is 79.9. The van der Waals surface area contributed by atoms with E-state index in [2.05, 4.69) is 44.9 Å². The summed E-state index contributed by atoms with van der Waals surface area (Å²) in [5.41, 5.74) is 0. The second-order valence-corrected chi connectivity index (χ2v) is 6.17. The summed E-state index contributed by atoms with van der Waals surface area (Å²) in [7, 11) is 0. The van der Waals surface area contributed by atoms with Gasteiger partial charge < -0.3 is 10.6 Å². The Labute approximate surface area is 104 Å². The van der Waals surface area contributed by atoms with E-state index in [4.69, 9.17) is 0 Å². The average Bonchev–Trinajstić information content (AvgIpc) is 2.77. The average molecular weight is 289 g/mol. The van der Waals surface area contributed by atoms with E-state index < -0.39 is 0 Å².